The van der Waals surface area contributed by atoms with Gasteiger partial charge < -0.3 is 0 Å². The molecule has 0 saturated heterocycles. The van der Waals surface area contributed by atoms with E-state index in [2.05, 4.69) is 41.2 Å². The summed E-state index contributed by atoms with van der Waals surface area (Å²) in [6, 6.07) is 1.72. The van der Waals surface area contributed by atoms with Crippen LogP contribution in [0, 0.1) is 0 Å². The van der Waals surface area contributed by atoms with Gasteiger partial charge in [0.05, 0.1) is 10.2 Å². The maximum Gasteiger partial charge on any atom is 0.237 e. The highest BCUT2D eigenvalue weighted by molar-refractivity contribution is 9.10. The lowest BCUT2D eigenvalue weighted by molar-refractivity contribution is -0.113. The van der Waals surface area contributed by atoms with Crippen molar-refractivity contribution < 1.29 is 4.79 Å². The molecule has 0 aliphatic heterocycles. The molecule has 0 saturated carbocycles. The van der Waals surface area contributed by atoms with Crippen LogP contribution in [-0.4, -0.2) is 31.6 Å². The van der Waals surface area contributed by atoms with Gasteiger partial charge in [-0.05, 0) is 22.0 Å². The summed E-state index contributed by atoms with van der Waals surface area (Å²) in [7, 11) is 0. The Labute approximate surface area is 116 Å². The molecule has 2 aromatic rings. The van der Waals surface area contributed by atoms with Gasteiger partial charge in [0.25, 0.3) is 0 Å². The molecule has 0 bridgehead atoms. The molecule has 2 aromatic heterocycles. The minimum Gasteiger partial charge on any atom is -0.294 e. The van der Waals surface area contributed by atoms with Crippen LogP contribution in [-0.2, 0) is 4.79 Å². The zero-order valence-electron chi connectivity index (χ0n) is 9.08. The van der Waals surface area contributed by atoms with Crippen molar-refractivity contribution in [2.24, 2.45) is 0 Å². The fourth-order valence-electron chi connectivity index (χ4n) is 1.03. The first-order chi connectivity index (χ1) is 8.74. The number of nitrogens with one attached hydrogen (secondary N) is 1. The number of hydrogen-bond acceptors (Lipinski definition) is 6. The molecule has 0 fully saturated rings. The van der Waals surface area contributed by atoms with Crippen LogP contribution in [0.2, 0.25) is 0 Å². The van der Waals surface area contributed by atoms with Gasteiger partial charge in [0.2, 0.25) is 11.9 Å². The maximum absolute atomic E-state index is 11.6. The lowest BCUT2D eigenvalue weighted by Gasteiger charge is -2.02. The highest BCUT2D eigenvalue weighted by Crippen LogP contribution is 2.11. The van der Waals surface area contributed by atoms with Gasteiger partial charge in [0, 0.05) is 24.8 Å². The molecule has 0 unspecified atom stereocenters. The number of amides is 1. The first-order valence-corrected chi connectivity index (χ1v) is 6.69. The third kappa shape index (κ3) is 4.04. The van der Waals surface area contributed by atoms with E-state index in [4.69, 9.17) is 0 Å². The first kappa shape index (κ1) is 12.9. The number of nitrogens with zero attached hydrogens (tertiary/aromatic N) is 4. The van der Waals surface area contributed by atoms with E-state index in [0.29, 0.717) is 5.16 Å². The van der Waals surface area contributed by atoms with E-state index >= 15 is 0 Å². The van der Waals surface area contributed by atoms with Crippen molar-refractivity contribution in [3.05, 3.63) is 35.3 Å². The molecule has 0 aliphatic rings. The number of carbonyl (C=O) groups is 1. The van der Waals surface area contributed by atoms with Gasteiger partial charge in [0.1, 0.15) is 0 Å². The molecule has 0 radical (unpaired) electrons. The number of carbonyl (C=O) groups excluding carboxylic acids is 1. The monoisotopic (exact) mass is 325 g/mol. The lowest BCUT2D eigenvalue weighted by Crippen LogP contribution is -2.16. The van der Waals surface area contributed by atoms with Gasteiger partial charge in [-0.15, -0.1) is 0 Å². The van der Waals surface area contributed by atoms with Crippen molar-refractivity contribution in [3.63, 3.8) is 0 Å². The van der Waals surface area contributed by atoms with Gasteiger partial charge in [0.15, 0.2) is 5.16 Å². The molecule has 0 atom stereocenters. The Morgan fingerprint density at radius 1 is 1.22 bits per heavy atom. The summed E-state index contributed by atoms with van der Waals surface area (Å²) in [5.74, 6) is 0.288. The highest BCUT2D eigenvalue weighted by atomic mass is 79.9. The molecule has 0 aliphatic carbocycles. The number of aromatic nitrogens is 4. The number of anilines is 1. The minimum absolute atomic E-state index is 0.199. The highest BCUT2D eigenvalue weighted by Gasteiger charge is 2.06. The number of rotatable bonds is 4. The number of hydrogen-bond donors (Lipinski definition) is 1. The molecule has 6 nitrogen and oxygen atoms in total. The molecule has 18 heavy (non-hydrogen) atoms. The quantitative estimate of drug-likeness (QED) is 0.681. The van der Waals surface area contributed by atoms with Crippen LogP contribution in [0.15, 0.2) is 40.5 Å². The third-order valence-electron chi connectivity index (χ3n) is 1.75. The Balaban J connectivity index is 1.84. The fraction of sp³-hybridized carbons (Fsp3) is 0.100. The summed E-state index contributed by atoms with van der Waals surface area (Å²) in [5.41, 5.74) is 0. The summed E-state index contributed by atoms with van der Waals surface area (Å²) >= 11 is 4.47. The van der Waals surface area contributed by atoms with Crippen molar-refractivity contribution in [2.45, 2.75) is 5.16 Å². The Morgan fingerprint density at radius 2 is 1.89 bits per heavy atom. The van der Waals surface area contributed by atoms with Gasteiger partial charge in [-0.25, -0.2) is 19.9 Å². The second-order valence-corrected chi connectivity index (χ2v) is 4.95. The van der Waals surface area contributed by atoms with E-state index in [9.17, 15) is 4.79 Å². The first-order valence-electron chi connectivity index (χ1n) is 4.91. The Kier molecular flexibility index (Phi) is 4.59. The Hall–Kier alpha value is -1.54. The van der Waals surface area contributed by atoms with Gasteiger partial charge in [-0.3, -0.25) is 10.1 Å². The number of thioether (sulfide) groups is 1. The van der Waals surface area contributed by atoms with E-state index < -0.39 is 0 Å². The van der Waals surface area contributed by atoms with Gasteiger partial charge >= 0.3 is 0 Å². The van der Waals surface area contributed by atoms with Crippen molar-refractivity contribution in [3.8, 4) is 0 Å². The molecule has 1 amide bonds. The molecule has 2 heterocycles. The van der Waals surface area contributed by atoms with E-state index in [-0.39, 0.29) is 17.6 Å². The van der Waals surface area contributed by atoms with Crippen LogP contribution in [0.1, 0.15) is 0 Å². The Bertz CT molecular complexity index is 522. The largest absolute Gasteiger partial charge is 0.294 e. The number of halogens is 1. The third-order valence-corrected chi connectivity index (χ3v) is 3.03. The molecule has 0 spiro atoms. The lowest BCUT2D eigenvalue weighted by atomic mass is 10.6. The van der Waals surface area contributed by atoms with Crippen LogP contribution >= 0.6 is 27.7 Å². The van der Waals surface area contributed by atoms with Crippen molar-refractivity contribution in [1.82, 2.24) is 19.9 Å². The fourth-order valence-corrected chi connectivity index (χ4v) is 1.84. The summed E-state index contributed by atoms with van der Waals surface area (Å²) < 4.78 is 0.757. The predicted molar refractivity (Wildman–Crippen MR) is 71.1 cm³/mol. The maximum atomic E-state index is 11.6. The van der Waals surface area contributed by atoms with Gasteiger partial charge in [-0.2, -0.15) is 0 Å². The topological polar surface area (TPSA) is 80.7 Å². The second kappa shape index (κ2) is 6.41. The zero-order valence-corrected chi connectivity index (χ0v) is 11.5. The Morgan fingerprint density at radius 3 is 2.56 bits per heavy atom. The van der Waals surface area contributed by atoms with E-state index in [0.717, 1.165) is 4.47 Å². The van der Waals surface area contributed by atoms with E-state index in [1.165, 1.54) is 11.8 Å². The summed E-state index contributed by atoms with van der Waals surface area (Å²) in [6.07, 6.45) is 6.39. The predicted octanol–water partition coefficient (Wildman–Crippen LogP) is 1.76. The van der Waals surface area contributed by atoms with E-state index in [1.54, 1.807) is 30.9 Å². The van der Waals surface area contributed by atoms with Crippen molar-refractivity contribution in [2.75, 3.05) is 11.1 Å². The van der Waals surface area contributed by atoms with Crippen LogP contribution in [0.25, 0.3) is 0 Å². The zero-order chi connectivity index (χ0) is 12.8. The smallest absolute Gasteiger partial charge is 0.237 e. The average molecular weight is 326 g/mol. The van der Waals surface area contributed by atoms with Crippen molar-refractivity contribution >= 4 is 39.5 Å². The molecule has 0 aromatic carbocycles. The molecule has 1 N–H and O–H groups in total. The molecule has 8 heteroatoms. The standard InChI is InChI=1S/C10H8BrN5OS/c11-7-4-14-9(15-5-7)16-8(17)6-18-10-12-2-1-3-13-10/h1-5H,6H2,(H,14,15,16,17). The van der Waals surface area contributed by atoms with Crippen LogP contribution in [0.5, 0.6) is 0 Å². The van der Waals surface area contributed by atoms with Crippen LogP contribution in [0.3, 0.4) is 0 Å². The normalized spacial score (nSPS) is 10.1. The summed E-state index contributed by atoms with van der Waals surface area (Å²) in [6.45, 7) is 0. The molecular weight excluding hydrogens is 318 g/mol. The van der Waals surface area contributed by atoms with Crippen LogP contribution < -0.4 is 5.32 Å². The van der Waals surface area contributed by atoms with Gasteiger partial charge in [-0.1, -0.05) is 11.8 Å². The second-order valence-electron chi connectivity index (χ2n) is 3.09. The van der Waals surface area contributed by atoms with E-state index in [1.807, 2.05) is 0 Å². The molecule has 2 rings (SSSR count). The SMILES string of the molecule is O=C(CSc1ncccn1)Nc1ncc(Br)cn1. The summed E-state index contributed by atoms with van der Waals surface area (Å²) in [5, 5.41) is 3.14. The summed E-state index contributed by atoms with van der Waals surface area (Å²) in [4.78, 5) is 27.5. The average Bonchev–Trinajstić information content (AvgIpc) is 2.40. The van der Waals surface area contributed by atoms with Crippen LogP contribution in [0.4, 0.5) is 5.95 Å². The molecular formula is C10H8BrN5OS. The minimum atomic E-state index is -0.199. The molecule has 92 valence electrons. The van der Waals surface area contributed by atoms with Crippen molar-refractivity contribution in [1.29, 1.82) is 0 Å².